The van der Waals surface area contributed by atoms with E-state index in [1.165, 1.54) is 77.0 Å². The lowest BCUT2D eigenvalue weighted by molar-refractivity contribution is -0.870. The van der Waals surface area contributed by atoms with Gasteiger partial charge in [0.15, 0.2) is 6.10 Å². The van der Waals surface area contributed by atoms with Crippen LogP contribution in [0.5, 0.6) is 0 Å². The van der Waals surface area contributed by atoms with Gasteiger partial charge in [-0.3, -0.25) is 9.59 Å². The fraction of sp³-hybridized carbons (Fsp3) is 0.837. The standard InChI is InChI=1S/C43H79NO8/c1-6-8-10-12-14-16-18-20-22-24-26-28-30-32-34-41(46)52-39(38-51-43(42(47)48)49-36-35-44(3,4)5)37-50-40(45)33-31-29-27-25-23-21-19-17-15-13-11-9-7-2/h12,14,18,20,39,43H,6-11,13,15-17,19,21-38H2,1-5H3/p+1/b14-12-,20-18-. The first-order valence-corrected chi connectivity index (χ1v) is 21.0. The molecular formula is C43H80NO8+. The van der Waals surface area contributed by atoms with Gasteiger partial charge in [0.1, 0.15) is 13.2 Å². The van der Waals surface area contributed by atoms with Gasteiger partial charge in [0, 0.05) is 12.8 Å². The van der Waals surface area contributed by atoms with E-state index in [4.69, 9.17) is 18.9 Å². The van der Waals surface area contributed by atoms with Gasteiger partial charge in [0.2, 0.25) is 0 Å². The van der Waals surface area contributed by atoms with Crippen LogP contribution in [0.1, 0.15) is 174 Å². The molecule has 0 heterocycles. The minimum absolute atomic E-state index is 0.184. The summed E-state index contributed by atoms with van der Waals surface area (Å²) in [6.07, 6.45) is 33.7. The molecule has 0 bridgehead atoms. The molecule has 0 amide bonds. The van der Waals surface area contributed by atoms with Gasteiger partial charge in [-0.2, -0.15) is 0 Å². The van der Waals surface area contributed by atoms with Crippen molar-refractivity contribution in [1.29, 1.82) is 0 Å². The number of hydrogen-bond donors (Lipinski definition) is 1. The van der Waals surface area contributed by atoms with Gasteiger partial charge in [-0.15, -0.1) is 0 Å². The molecule has 0 radical (unpaired) electrons. The molecule has 0 aromatic rings. The highest BCUT2D eigenvalue weighted by atomic mass is 16.7. The van der Waals surface area contributed by atoms with Gasteiger partial charge >= 0.3 is 17.9 Å². The highest BCUT2D eigenvalue weighted by Gasteiger charge is 2.25. The molecule has 9 nitrogen and oxygen atoms in total. The molecule has 0 aliphatic carbocycles. The van der Waals surface area contributed by atoms with Crippen LogP contribution in [0.15, 0.2) is 24.3 Å². The van der Waals surface area contributed by atoms with Crippen molar-refractivity contribution < 1.29 is 42.9 Å². The number of carbonyl (C=O) groups is 3. The minimum atomic E-state index is -1.51. The molecule has 0 fully saturated rings. The zero-order chi connectivity index (χ0) is 38.5. The summed E-state index contributed by atoms with van der Waals surface area (Å²) in [5.74, 6) is -2.02. The number of carbonyl (C=O) groups excluding carboxylic acids is 2. The van der Waals surface area contributed by atoms with Gasteiger partial charge in [-0.1, -0.05) is 147 Å². The normalized spacial score (nSPS) is 13.2. The summed E-state index contributed by atoms with van der Waals surface area (Å²) in [6, 6.07) is 0. The number of allylic oxidation sites excluding steroid dienone is 4. The molecule has 0 saturated carbocycles. The number of esters is 2. The number of carboxylic acid groups (broad SMARTS) is 1. The highest BCUT2D eigenvalue weighted by Crippen LogP contribution is 2.14. The summed E-state index contributed by atoms with van der Waals surface area (Å²) in [5.41, 5.74) is 0. The largest absolute Gasteiger partial charge is 0.477 e. The van der Waals surface area contributed by atoms with Crippen molar-refractivity contribution in [3.63, 3.8) is 0 Å². The van der Waals surface area contributed by atoms with Crippen molar-refractivity contribution in [2.75, 3.05) is 47.5 Å². The Hall–Kier alpha value is -2.23. The Balaban J connectivity index is 4.50. The first-order valence-electron chi connectivity index (χ1n) is 21.0. The predicted octanol–water partition coefficient (Wildman–Crippen LogP) is 10.5. The quantitative estimate of drug-likeness (QED) is 0.0219. The second-order valence-corrected chi connectivity index (χ2v) is 15.3. The topological polar surface area (TPSA) is 108 Å². The fourth-order valence-electron chi connectivity index (χ4n) is 5.62. The molecule has 0 aromatic heterocycles. The Morgan fingerprint density at radius 1 is 0.577 bits per heavy atom. The molecule has 1 N–H and O–H groups in total. The first kappa shape index (κ1) is 49.8. The smallest absolute Gasteiger partial charge is 0.361 e. The van der Waals surface area contributed by atoms with Gasteiger partial charge in [0.25, 0.3) is 6.29 Å². The zero-order valence-electron chi connectivity index (χ0n) is 34.2. The Morgan fingerprint density at radius 3 is 1.58 bits per heavy atom. The number of unbranched alkanes of at least 4 members (excludes halogenated alkanes) is 19. The molecule has 304 valence electrons. The molecule has 0 saturated heterocycles. The maximum absolute atomic E-state index is 12.7. The van der Waals surface area contributed by atoms with Crippen molar-refractivity contribution in [3.05, 3.63) is 24.3 Å². The van der Waals surface area contributed by atoms with Crippen LogP contribution in [0, 0.1) is 0 Å². The average molecular weight is 739 g/mol. The van der Waals surface area contributed by atoms with Crippen LogP contribution in [-0.4, -0.2) is 87.4 Å². The van der Waals surface area contributed by atoms with Crippen molar-refractivity contribution in [3.8, 4) is 0 Å². The summed E-state index contributed by atoms with van der Waals surface area (Å²) in [4.78, 5) is 37.0. The van der Waals surface area contributed by atoms with E-state index in [9.17, 15) is 19.5 Å². The third kappa shape index (κ3) is 36.1. The number of aliphatic carboxylic acids is 1. The van der Waals surface area contributed by atoms with Crippen molar-refractivity contribution in [2.24, 2.45) is 0 Å². The third-order valence-corrected chi connectivity index (χ3v) is 8.96. The molecule has 2 atom stereocenters. The van der Waals surface area contributed by atoms with E-state index in [2.05, 4.69) is 38.2 Å². The van der Waals surface area contributed by atoms with Gasteiger partial charge in [-0.05, 0) is 38.5 Å². The lowest BCUT2D eigenvalue weighted by Gasteiger charge is -2.25. The zero-order valence-corrected chi connectivity index (χ0v) is 34.2. The number of carboxylic acids is 1. The van der Waals surface area contributed by atoms with Crippen LogP contribution in [-0.2, 0) is 33.3 Å². The van der Waals surface area contributed by atoms with E-state index in [0.717, 1.165) is 64.2 Å². The van der Waals surface area contributed by atoms with E-state index < -0.39 is 24.3 Å². The molecule has 0 rings (SSSR count). The van der Waals surface area contributed by atoms with Crippen LogP contribution in [0.4, 0.5) is 0 Å². The number of ether oxygens (including phenoxy) is 4. The molecule has 0 aliphatic heterocycles. The first-order chi connectivity index (χ1) is 25.1. The van der Waals surface area contributed by atoms with E-state index >= 15 is 0 Å². The van der Waals surface area contributed by atoms with E-state index in [0.29, 0.717) is 23.9 Å². The molecular weight excluding hydrogens is 658 g/mol. The Labute approximate surface area is 318 Å². The van der Waals surface area contributed by atoms with Crippen LogP contribution < -0.4 is 0 Å². The summed E-state index contributed by atoms with van der Waals surface area (Å²) in [6.45, 7) is 4.81. The van der Waals surface area contributed by atoms with Gasteiger partial charge < -0.3 is 28.5 Å². The maximum Gasteiger partial charge on any atom is 0.361 e. The molecule has 0 aliphatic rings. The average Bonchev–Trinajstić information content (AvgIpc) is 3.09. The van der Waals surface area contributed by atoms with Crippen LogP contribution in [0.2, 0.25) is 0 Å². The van der Waals surface area contributed by atoms with Gasteiger partial charge in [-0.25, -0.2) is 4.79 Å². The molecule has 2 unspecified atom stereocenters. The predicted molar refractivity (Wildman–Crippen MR) is 212 cm³/mol. The van der Waals surface area contributed by atoms with Crippen molar-refractivity contribution >= 4 is 17.9 Å². The maximum atomic E-state index is 12.7. The minimum Gasteiger partial charge on any atom is -0.477 e. The molecule has 0 spiro atoms. The van der Waals surface area contributed by atoms with Crippen LogP contribution >= 0.6 is 0 Å². The lowest BCUT2D eigenvalue weighted by Crippen LogP contribution is -2.40. The number of hydrogen-bond acceptors (Lipinski definition) is 7. The Morgan fingerprint density at radius 2 is 1.06 bits per heavy atom. The molecule has 9 heteroatoms. The molecule has 0 aromatic carbocycles. The Kier molecular flexibility index (Phi) is 34.2. The van der Waals surface area contributed by atoms with E-state index in [1.807, 2.05) is 21.1 Å². The number of likely N-dealkylation sites (N-methyl/N-ethyl adjacent to an activating group) is 1. The SMILES string of the molecule is CCCC/C=C\C/C=C\CCCCCCCC(=O)OC(COC(=O)CCCCCCCCCCCCCCC)COC(OCC[N+](C)(C)C)C(=O)O. The number of quaternary nitrogens is 1. The Bertz CT molecular complexity index is 913. The summed E-state index contributed by atoms with van der Waals surface area (Å²) in [7, 11) is 5.94. The second kappa shape index (κ2) is 35.8. The number of nitrogens with zero attached hydrogens (tertiary/aromatic N) is 1. The summed E-state index contributed by atoms with van der Waals surface area (Å²) >= 11 is 0. The van der Waals surface area contributed by atoms with Gasteiger partial charge in [0.05, 0.1) is 34.4 Å². The van der Waals surface area contributed by atoms with Crippen molar-refractivity contribution in [1.82, 2.24) is 0 Å². The van der Waals surface area contributed by atoms with Crippen LogP contribution in [0.25, 0.3) is 0 Å². The van der Waals surface area contributed by atoms with E-state index in [-0.39, 0.29) is 32.2 Å². The fourth-order valence-corrected chi connectivity index (χ4v) is 5.62. The number of rotatable bonds is 38. The highest BCUT2D eigenvalue weighted by molar-refractivity contribution is 5.71. The monoisotopic (exact) mass is 739 g/mol. The second-order valence-electron chi connectivity index (χ2n) is 15.3. The molecule has 52 heavy (non-hydrogen) atoms. The van der Waals surface area contributed by atoms with E-state index in [1.54, 1.807) is 0 Å². The summed E-state index contributed by atoms with van der Waals surface area (Å²) < 4.78 is 22.7. The summed E-state index contributed by atoms with van der Waals surface area (Å²) in [5, 5.41) is 9.60. The third-order valence-electron chi connectivity index (χ3n) is 8.96. The lowest BCUT2D eigenvalue weighted by atomic mass is 10.0. The van der Waals surface area contributed by atoms with Crippen molar-refractivity contribution in [2.45, 2.75) is 187 Å². The van der Waals surface area contributed by atoms with Crippen LogP contribution in [0.3, 0.4) is 0 Å².